The van der Waals surface area contributed by atoms with Gasteiger partial charge >= 0.3 is 11.9 Å². The maximum Gasteiger partial charge on any atom is 0.327 e. The predicted octanol–water partition coefficient (Wildman–Crippen LogP) is 3.64. The van der Waals surface area contributed by atoms with Crippen molar-refractivity contribution in [3.05, 3.63) is 89.5 Å². The van der Waals surface area contributed by atoms with E-state index < -0.39 is 30.1 Å². The van der Waals surface area contributed by atoms with Gasteiger partial charge in [0.15, 0.2) is 0 Å². The Morgan fingerprint density at radius 2 is 1.27 bits per heavy atom. The van der Waals surface area contributed by atoms with Crippen molar-refractivity contribution in [1.82, 2.24) is 20.4 Å². The van der Waals surface area contributed by atoms with Gasteiger partial charge in [-0.05, 0) is 84.8 Å². The molecular weight excluding hydrogens is 708 g/mol. The SMILES string of the molecule is CC(=O)N1CCC(c2ccc(O)cc2)C1C(=O)O.COc1ccc(C2CCN3C(=O)C(C(C)C)NC(=O)C23)cc1.O=C(O)C1NCCC1c1ccc(O)cc1. The minimum Gasteiger partial charge on any atom is -0.508 e. The average Bonchev–Trinajstić information content (AvgIpc) is 3.94. The number of benzene rings is 3. The molecule has 7 rings (SSSR count). The van der Waals surface area contributed by atoms with E-state index >= 15 is 0 Å². The second-order valence-electron chi connectivity index (χ2n) is 14.6. The molecule has 4 saturated heterocycles. The number of likely N-dealkylation sites (tertiary alicyclic amines) is 1. The van der Waals surface area contributed by atoms with Crippen molar-refractivity contribution in [1.29, 1.82) is 0 Å². The Morgan fingerprint density at radius 3 is 1.78 bits per heavy atom. The zero-order chi connectivity index (χ0) is 40.0. The maximum atomic E-state index is 12.6. The molecule has 0 aromatic heterocycles. The first-order chi connectivity index (χ1) is 26.2. The highest BCUT2D eigenvalue weighted by Crippen LogP contribution is 2.37. The molecular formula is C41H50N4O10. The van der Waals surface area contributed by atoms with Gasteiger partial charge in [0.25, 0.3) is 0 Å². The van der Waals surface area contributed by atoms with E-state index in [0.717, 1.165) is 41.8 Å². The topological polar surface area (TPSA) is 206 Å². The second kappa shape index (κ2) is 17.7. The summed E-state index contributed by atoms with van der Waals surface area (Å²) < 4.78 is 5.17. The van der Waals surface area contributed by atoms with E-state index in [1.54, 1.807) is 48.4 Å². The van der Waals surface area contributed by atoms with E-state index in [1.165, 1.54) is 24.0 Å². The van der Waals surface area contributed by atoms with E-state index in [0.29, 0.717) is 19.5 Å². The van der Waals surface area contributed by atoms with Crippen molar-refractivity contribution in [2.75, 3.05) is 26.7 Å². The summed E-state index contributed by atoms with van der Waals surface area (Å²) in [5, 5.41) is 42.5. The third kappa shape index (κ3) is 9.19. The number of carbonyl (C=O) groups excluding carboxylic acids is 3. The number of aromatic hydroxyl groups is 2. The molecule has 4 aliphatic heterocycles. The van der Waals surface area contributed by atoms with E-state index in [9.17, 15) is 34.2 Å². The van der Waals surface area contributed by atoms with E-state index in [-0.39, 0.29) is 58.9 Å². The molecule has 4 aliphatic rings. The Kier molecular flexibility index (Phi) is 13.0. The van der Waals surface area contributed by atoms with Crippen LogP contribution in [0.4, 0.5) is 0 Å². The number of aliphatic carboxylic acids is 2. The third-order valence-corrected chi connectivity index (χ3v) is 10.9. The van der Waals surface area contributed by atoms with Gasteiger partial charge in [-0.1, -0.05) is 50.2 Å². The van der Waals surface area contributed by atoms with Crippen molar-refractivity contribution in [3.63, 3.8) is 0 Å². The van der Waals surface area contributed by atoms with Gasteiger partial charge < -0.3 is 45.6 Å². The third-order valence-electron chi connectivity index (χ3n) is 10.9. The maximum absolute atomic E-state index is 12.6. The number of carboxylic acids is 2. The van der Waals surface area contributed by atoms with Crippen LogP contribution in [0.15, 0.2) is 72.8 Å². The van der Waals surface area contributed by atoms with Gasteiger partial charge in [0.1, 0.15) is 41.4 Å². The number of hydrogen-bond donors (Lipinski definition) is 6. The molecule has 294 valence electrons. The highest BCUT2D eigenvalue weighted by atomic mass is 16.5. The molecule has 14 nitrogen and oxygen atoms in total. The molecule has 55 heavy (non-hydrogen) atoms. The first-order valence-electron chi connectivity index (χ1n) is 18.5. The van der Waals surface area contributed by atoms with Crippen LogP contribution < -0.4 is 15.4 Å². The fourth-order valence-corrected chi connectivity index (χ4v) is 8.06. The summed E-state index contributed by atoms with van der Waals surface area (Å²) in [6.07, 6.45) is 2.27. The first-order valence-corrected chi connectivity index (χ1v) is 18.5. The molecule has 0 aliphatic carbocycles. The molecule has 7 unspecified atom stereocenters. The first kappa shape index (κ1) is 40.6. The van der Waals surface area contributed by atoms with Crippen LogP contribution in [0.2, 0.25) is 0 Å². The number of carbonyl (C=O) groups is 5. The molecule has 3 aromatic carbocycles. The van der Waals surface area contributed by atoms with Gasteiger partial charge in [-0.3, -0.25) is 19.2 Å². The number of nitrogens with one attached hydrogen (secondary N) is 2. The monoisotopic (exact) mass is 758 g/mol. The molecule has 0 spiro atoms. The normalized spacial score (nSPS) is 25.6. The van der Waals surface area contributed by atoms with Crippen LogP contribution in [-0.2, 0) is 24.0 Å². The molecule has 0 saturated carbocycles. The second-order valence-corrected chi connectivity index (χ2v) is 14.6. The van der Waals surface area contributed by atoms with Gasteiger partial charge in [-0.2, -0.15) is 0 Å². The molecule has 3 aromatic rings. The Hall–Kier alpha value is -5.63. The van der Waals surface area contributed by atoms with Crippen molar-refractivity contribution in [3.8, 4) is 17.2 Å². The van der Waals surface area contributed by atoms with Gasteiger partial charge in [-0.15, -0.1) is 0 Å². The molecule has 7 atom stereocenters. The Labute approximate surface area is 320 Å². The lowest BCUT2D eigenvalue weighted by Gasteiger charge is -2.38. The predicted molar refractivity (Wildman–Crippen MR) is 202 cm³/mol. The highest BCUT2D eigenvalue weighted by Gasteiger charge is 2.49. The van der Waals surface area contributed by atoms with E-state index in [1.807, 2.05) is 38.1 Å². The number of carboxylic acid groups (broad SMARTS) is 2. The fraction of sp³-hybridized carbons (Fsp3) is 0.439. The van der Waals surface area contributed by atoms with E-state index in [2.05, 4.69) is 10.6 Å². The quantitative estimate of drug-likeness (QED) is 0.205. The summed E-state index contributed by atoms with van der Waals surface area (Å²) in [6.45, 7) is 7.13. The zero-order valence-corrected chi connectivity index (χ0v) is 31.4. The molecule has 4 fully saturated rings. The molecule has 0 bridgehead atoms. The lowest BCUT2D eigenvalue weighted by molar-refractivity contribution is -0.148. The van der Waals surface area contributed by atoms with Crippen LogP contribution in [0, 0.1) is 5.92 Å². The Balaban J connectivity index is 0.000000161. The average molecular weight is 759 g/mol. The van der Waals surface area contributed by atoms with E-state index in [4.69, 9.17) is 14.9 Å². The summed E-state index contributed by atoms with van der Waals surface area (Å²) in [5.74, 6) is -0.899. The van der Waals surface area contributed by atoms with Crippen molar-refractivity contribution in [2.24, 2.45) is 5.92 Å². The van der Waals surface area contributed by atoms with Crippen molar-refractivity contribution >= 4 is 29.7 Å². The largest absolute Gasteiger partial charge is 0.508 e. The number of fused-ring (bicyclic) bond motifs is 1. The van der Waals surface area contributed by atoms with Crippen LogP contribution in [0.1, 0.15) is 74.5 Å². The van der Waals surface area contributed by atoms with Gasteiger partial charge in [0.05, 0.1) is 7.11 Å². The fourth-order valence-electron chi connectivity index (χ4n) is 8.06. The number of amides is 3. The lowest BCUT2D eigenvalue weighted by Crippen LogP contribution is -2.63. The van der Waals surface area contributed by atoms with Crippen molar-refractivity contribution < 1.29 is 49.1 Å². The van der Waals surface area contributed by atoms with Crippen LogP contribution in [-0.4, -0.2) is 111 Å². The summed E-state index contributed by atoms with van der Waals surface area (Å²) in [6, 6.07) is 18.9. The summed E-state index contributed by atoms with van der Waals surface area (Å²) in [5.41, 5.74) is 2.88. The van der Waals surface area contributed by atoms with Crippen LogP contribution in [0.3, 0.4) is 0 Å². The Bertz CT molecular complexity index is 1830. The smallest absolute Gasteiger partial charge is 0.327 e. The Morgan fingerprint density at radius 1 is 0.745 bits per heavy atom. The summed E-state index contributed by atoms with van der Waals surface area (Å²) in [7, 11) is 1.63. The molecule has 0 radical (unpaired) electrons. The zero-order valence-electron chi connectivity index (χ0n) is 31.4. The van der Waals surface area contributed by atoms with Gasteiger partial charge in [0.2, 0.25) is 17.7 Å². The number of piperazine rings is 1. The summed E-state index contributed by atoms with van der Waals surface area (Å²) >= 11 is 0. The summed E-state index contributed by atoms with van der Waals surface area (Å²) in [4.78, 5) is 61.9. The number of ether oxygens (including phenoxy) is 1. The van der Waals surface area contributed by atoms with Gasteiger partial charge in [-0.25, -0.2) is 4.79 Å². The number of phenolic OH excluding ortho intramolecular Hbond substituents is 2. The lowest BCUT2D eigenvalue weighted by atomic mass is 9.89. The number of phenols is 2. The molecule has 14 heteroatoms. The number of methoxy groups -OCH3 is 1. The van der Waals surface area contributed by atoms with Crippen molar-refractivity contribution in [2.45, 2.75) is 82.0 Å². The van der Waals surface area contributed by atoms with Gasteiger partial charge in [0, 0.05) is 37.8 Å². The number of nitrogens with zero attached hydrogens (tertiary/aromatic N) is 2. The highest BCUT2D eigenvalue weighted by molar-refractivity contribution is 5.98. The molecule has 6 N–H and O–H groups in total. The van der Waals surface area contributed by atoms with Crippen LogP contribution in [0.5, 0.6) is 17.2 Å². The minimum absolute atomic E-state index is 0.00287. The number of rotatable bonds is 7. The standard InChI is InChI=1S/C17H22N2O3.C13H15NO4.C11H13NO3/c1-10(2)14-17(21)19-9-8-13(15(19)16(20)18-14)11-4-6-12(22-3)7-5-11;1-8(15)14-7-6-11(12(14)13(17)18)9-2-4-10(16)5-3-9;13-8-3-1-7(2-4-8)9-5-6-12-10(9)11(14)15/h4-7,10,13-15H,8-9H2,1-3H3,(H,18,20);2-5,11-12,16H,6-7H2,1H3,(H,17,18);1-4,9-10,12-13H,5-6H2,(H,14,15). The van der Waals surface area contributed by atoms with Crippen LogP contribution in [0.25, 0.3) is 0 Å². The number of hydrogen-bond acceptors (Lipinski definition) is 9. The molecule has 3 amide bonds. The minimum atomic E-state index is -0.985. The van der Waals surface area contributed by atoms with Crippen LogP contribution >= 0.6 is 0 Å². The molecule has 4 heterocycles.